The highest BCUT2D eigenvalue weighted by Crippen LogP contribution is 2.34. The van der Waals surface area contributed by atoms with Crippen molar-refractivity contribution in [3.05, 3.63) is 89.0 Å². The predicted octanol–water partition coefficient (Wildman–Crippen LogP) is 4.34. The third-order valence-electron chi connectivity index (χ3n) is 5.52. The topological polar surface area (TPSA) is 116 Å². The van der Waals surface area contributed by atoms with E-state index >= 15 is 0 Å². The Morgan fingerprint density at radius 3 is 2.32 bits per heavy atom. The molecule has 0 spiro atoms. The highest BCUT2D eigenvalue weighted by molar-refractivity contribution is 7.91. The molecule has 2 N–H and O–H groups in total. The van der Waals surface area contributed by atoms with E-state index in [4.69, 9.17) is 10.00 Å². The summed E-state index contributed by atoms with van der Waals surface area (Å²) >= 11 is 0. The van der Waals surface area contributed by atoms with Crippen molar-refractivity contribution in [3.8, 4) is 11.8 Å². The highest BCUT2D eigenvalue weighted by atomic mass is 32.2. The summed E-state index contributed by atoms with van der Waals surface area (Å²) in [6.07, 6.45) is -4.61. The van der Waals surface area contributed by atoms with E-state index < -0.39 is 44.4 Å². The number of anilines is 1. The molecule has 11 heteroatoms. The molecule has 0 bridgehead atoms. The van der Waals surface area contributed by atoms with Crippen LogP contribution in [0.2, 0.25) is 0 Å². The minimum absolute atomic E-state index is 0.0865. The molecule has 0 aliphatic heterocycles. The zero-order chi connectivity index (χ0) is 27.4. The van der Waals surface area contributed by atoms with Crippen LogP contribution in [0.15, 0.2) is 71.6 Å². The summed E-state index contributed by atoms with van der Waals surface area (Å²) < 4.78 is 71.3. The molecule has 0 saturated heterocycles. The fourth-order valence-electron chi connectivity index (χ4n) is 3.65. The van der Waals surface area contributed by atoms with Crippen molar-refractivity contribution in [2.45, 2.75) is 30.0 Å². The predicted molar refractivity (Wildman–Crippen MR) is 130 cm³/mol. The van der Waals surface area contributed by atoms with Crippen LogP contribution in [0.25, 0.3) is 0 Å². The van der Waals surface area contributed by atoms with E-state index in [0.717, 1.165) is 24.6 Å². The monoisotopic (exact) mass is 532 g/mol. The Morgan fingerprint density at radius 2 is 1.73 bits per heavy atom. The average molecular weight is 533 g/mol. The van der Waals surface area contributed by atoms with Gasteiger partial charge < -0.3 is 15.2 Å². The number of hydrogen-bond donors (Lipinski definition) is 2. The molecule has 1 unspecified atom stereocenters. The number of aliphatic hydroxyl groups is 1. The van der Waals surface area contributed by atoms with E-state index in [2.05, 4.69) is 5.32 Å². The summed E-state index contributed by atoms with van der Waals surface area (Å²) in [5, 5.41) is 21.7. The number of hydrogen-bond acceptors (Lipinski definition) is 6. The Labute approximate surface area is 212 Å². The van der Waals surface area contributed by atoms with Gasteiger partial charge in [0, 0.05) is 5.69 Å². The molecule has 0 aromatic heterocycles. The van der Waals surface area contributed by atoms with Crippen LogP contribution >= 0.6 is 0 Å². The van der Waals surface area contributed by atoms with Gasteiger partial charge in [0.05, 0.1) is 35.0 Å². The number of rotatable bonds is 8. The van der Waals surface area contributed by atoms with Crippen molar-refractivity contribution < 1.29 is 36.2 Å². The zero-order valence-corrected chi connectivity index (χ0v) is 20.7. The lowest BCUT2D eigenvalue weighted by Gasteiger charge is -2.23. The van der Waals surface area contributed by atoms with Crippen LogP contribution in [0.5, 0.6) is 5.75 Å². The van der Waals surface area contributed by atoms with Gasteiger partial charge in [-0.15, -0.1) is 0 Å². The number of carbonyl (C=O) groups excluding carboxylic acids is 1. The van der Waals surface area contributed by atoms with Crippen LogP contribution < -0.4 is 10.1 Å². The molecule has 0 radical (unpaired) electrons. The Kier molecular flexibility index (Phi) is 7.95. The Balaban J connectivity index is 1.83. The molecule has 0 saturated carbocycles. The summed E-state index contributed by atoms with van der Waals surface area (Å²) in [6.45, 7) is 0.959. The third kappa shape index (κ3) is 6.67. The van der Waals surface area contributed by atoms with Crippen molar-refractivity contribution in [2.24, 2.45) is 0 Å². The molecule has 194 valence electrons. The fraction of sp³-hybridized carbons (Fsp3) is 0.231. The first kappa shape index (κ1) is 27.7. The molecule has 37 heavy (non-hydrogen) atoms. The molecular weight excluding hydrogens is 509 g/mol. The van der Waals surface area contributed by atoms with Crippen molar-refractivity contribution >= 4 is 21.4 Å². The van der Waals surface area contributed by atoms with E-state index in [1.54, 1.807) is 36.4 Å². The van der Waals surface area contributed by atoms with Crippen LogP contribution in [-0.4, -0.2) is 37.9 Å². The van der Waals surface area contributed by atoms with Gasteiger partial charge in [0.1, 0.15) is 5.75 Å². The second kappa shape index (κ2) is 10.6. The number of ether oxygens (including phenoxy) is 1. The Morgan fingerprint density at radius 1 is 1.08 bits per heavy atom. The summed E-state index contributed by atoms with van der Waals surface area (Å²) in [7, 11) is -2.70. The number of nitrogens with one attached hydrogen (secondary N) is 1. The van der Waals surface area contributed by atoms with Crippen molar-refractivity contribution in [2.75, 3.05) is 18.2 Å². The number of nitriles is 1. The number of alkyl halides is 3. The maximum absolute atomic E-state index is 13.2. The van der Waals surface area contributed by atoms with Gasteiger partial charge in [0.2, 0.25) is 0 Å². The molecule has 0 aliphatic rings. The highest BCUT2D eigenvalue weighted by Gasteiger charge is 2.38. The van der Waals surface area contributed by atoms with Crippen LogP contribution in [0.4, 0.5) is 18.9 Å². The van der Waals surface area contributed by atoms with Gasteiger partial charge in [-0.25, -0.2) is 8.42 Å². The normalized spacial score (nSPS) is 13.3. The molecule has 0 fully saturated rings. The molecule has 7 nitrogen and oxygen atoms in total. The summed E-state index contributed by atoms with van der Waals surface area (Å²) in [5.74, 6) is -1.61. The maximum Gasteiger partial charge on any atom is 0.417 e. The van der Waals surface area contributed by atoms with Gasteiger partial charge in [0.15, 0.2) is 15.4 Å². The first-order valence-corrected chi connectivity index (χ1v) is 12.5. The van der Waals surface area contributed by atoms with E-state index in [9.17, 15) is 31.5 Å². The Bertz CT molecular complexity index is 1440. The smallest absolute Gasteiger partial charge is 0.417 e. The van der Waals surface area contributed by atoms with E-state index in [1.165, 1.54) is 25.3 Å². The Hall–Kier alpha value is -3.88. The number of halogens is 3. The first-order chi connectivity index (χ1) is 17.3. The maximum atomic E-state index is 13.2. The fourth-order valence-corrected chi connectivity index (χ4v) is 5.50. The lowest BCUT2D eigenvalue weighted by molar-refractivity contribution is -0.137. The van der Waals surface area contributed by atoms with Gasteiger partial charge in [0.25, 0.3) is 5.91 Å². The van der Waals surface area contributed by atoms with Crippen LogP contribution in [0.1, 0.15) is 29.2 Å². The number of carbonyl (C=O) groups is 1. The van der Waals surface area contributed by atoms with E-state index in [0.29, 0.717) is 17.4 Å². The minimum Gasteiger partial charge on any atom is -0.497 e. The molecule has 1 amide bonds. The summed E-state index contributed by atoms with van der Waals surface area (Å²) in [6, 6.07) is 17.1. The van der Waals surface area contributed by atoms with Crippen molar-refractivity contribution in [3.63, 3.8) is 0 Å². The largest absolute Gasteiger partial charge is 0.497 e. The molecule has 3 aromatic carbocycles. The van der Waals surface area contributed by atoms with Crippen LogP contribution in [0.3, 0.4) is 0 Å². The SMILES string of the molecule is COc1ccc(Cc2ccccc2S(=O)(=O)CC(C)(O)C(=O)Nc2ccc(C#N)c(C(F)(F)F)c2)cc1. The van der Waals surface area contributed by atoms with Gasteiger partial charge in [-0.1, -0.05) is 30.3 Å². The summed E-state index contributed by atoms with van der Waals surface area (Å²) in [5.41, 5.74) is -3.52. The van der Waals surface area contributed by atoms with Gasteiger partial charge in [-0.2, -0.15) is 18.4 Å². The number of methoxy groups -OCH3 is 1. The van der Waals surface area contributed by atoms with Crippen LogP contribution in [-0.2, 0) is 27.2 Å². The van der Waals surface area contributed by atoms with Gasteiger partial charge in [-0.05, 0) is 60.9 Å². The van der Waals surface area contributed by atoms with E-state index in [-0.39, 0.29) is 17.0 Å². The summed E-state index contributed by atoms with van der Waals surface area (Å²) in [4.78, 5) is 12.6. The number of nitrogens with zero attached hydrogens (tertiary/aromatic N) is 1. The molecule has 3 aromatic rings. The van der Waals surface area contributed by atoms with Crippen LogP contribution in [0, 0.1) is 11.3 Å². The van der Waals surface area contributed by atoms with Crippen molar-refractivity contribution in [1.82, 2.24) is 0 Å². The molecule has 0 heterocycles. The molecule has 3 rings (SSSR count). The van der Waals surface area contributed by atoms with Gasteiger partial charge >= 0.3 is 6.18 Å². The molecular formula is C26H23F3N2O5S. The zero-order valence-electron chi connectivity index (χ0n) is 19.8. The number of benzene rings is 3. The minimum atomic E-state index is -4.86. The standard InChI is InChI=1S/C26H23F3N2O5S/c1-25(33,24(32)31-20-10-9-19(15-30)22(14-20)26(27,28)29)16-37(34,35)23-6-4-3-5-18(23)13-17-7-11-21(36-2)12-8-17/h3-12,14,33H,13,16H2,1-2H3,(H,31,32). The quantitative estimate of drug-likeness (QED) is 0.446. The number of sulfone groups is 1. The first-order valence-electron chi connectivity index (χ1n) is 10.9. The molecule has 0 aliphatic carbocycles. The number of amides is 1. The second-order valence-electron chi connectivity index (χ2n) is 8.49. The second-order valence-corrected chi connectivity index (χ2v) is 10.4. The lowest BCUT2D eigenvalue weighted by atomic mass is 10.0. The van der Waals surface area contributed by atoms with E-state index in [1.807, 2.05) is 0 Å². The van der Waals surface area contributed by atoms with Crippen molar-refractivity contribution in [1.29, 1.82) is 5.26 Å². The van der Waals surface area contributed by atoms with Gasteiger partial charge in [-0.3, -0.25) is 4.79 Å². The lowest BCUT2D eigenvalue weighted by Crippen LogP contribution is -2.46. The third-order valence-corrected chi connectivity index (χ3v) is 7.54. The molecule has 1 atom stereocenters. The average Bonchev–Trinajstić information content (AvgIpc) is 2.83.